The number of aryl methyl sites for hydroxylation is 1. The number of H-pyrrole nitrogens is 1. The van der Waals surface area contributed by atoms with Crippen LogP contribution in [-0.4, -0.2) is 39.9 Å². The van der Waals surface area contributed by atoms with Gasteiger partial charge in [0.2, 0.25) is 17.6 Å². The molecule has 8 nitrogen and oxygen atoms in total. The summed E-state index contributed by atoms with van der Waals surface area (Å²) in [5.41, 5.74) is 4.16. The summed E-state index contributed by atoms with van der Waals surface area (Å²) in [6.45, 7) is 2.85. The molecule has 0 unspecified atom stereocenters. The van der Waals surface area contributed by atoms with E-state index in [4.69, 9.17) is 9.47 Å². The number of esters is 1. The summed E-state index contributed by atoms with van der Waals surface area (Å²) in [6.07, 6.45) is 4.46. The van der Waals surface area contributed by atoms with E-state index in [0.29, 0.717) is 36.8 Å². The van der Waals surface area contributed by atoms with Crippen LogP contribution in [0.2, 0.25) is 0 Å². The quantitative estimate of drug-likeness (QED) is 0.236. The van der Waals surface area contributed by atoms with E-state index in [2.05, 4.69) is 21.0 Å². The SMILES string of the molecule is CCOC(=O)CCc1[nH]ccc1C(=O)c1cnc(N2CCc3ccccc32)nc1OCc1ccc(F)cc1. The van der Waals surface area contributed by atoms with E-state index >= 15 is 0 Å². The predicted octanol–water partition coefficient (Wildman–Crippen LogP) is 4.94. The fraction of sp³-hybridized carbons (Fsp3) is 0.241. The van der Waals surface area contributed by atoms with Gasteiger partial charge >= 0.3 is 5.97 Å². The number of nitrogens with zero attached hydrogens (tertiary/aromatic N) is 3. The first-order valence-corrected chi connectivity index (χ1v) is 12.5. The maximum Gasteiger partial charge on any atom is 0.306 e. The molecule has 2 aromatic carbocycles. The van der Waals surface area contributed by atoms with Gasteiger partial charge in [-0.2, -0.15) is 4.98 Å². The van der Waals surface area contributed by atoms with Crippen molar-refractivity contribution in [3.05, 3.63) is 101 Å². The van der Waals surface area contributed by atoms with Crippen molar-refractivity contribution in [2.24, 2.45) is 0 Å². The summed E-state index contributed by atoms with van der Waals surface area (Å²) >= 11 is 0. The van der Waals surface area contributed by atoms with E-state index in [0.717, 1.165) is 17.7 Å². The number of carbonyl (C=O) groups is 2. The number of hydrogen-bond acceptors (Lipinski definition) is 7. The van der Waals surface area contributed by atoms with E-state index < -0.39 is 0 Å². The maximum atomic E-state index is 13.6. The van der Waals surface area contributed by atoms with Crippen LogP contribution in [0.25, 0.3) is 0 Å². The zero-order chi connectivity index (χ0) is 26.5. The summed E-state index contributed by atoms with van der Waals surface area (Å²) in [5.74, 6) is -0.442. The third-order valence-electron chi connectivity index (χ3n) is 6.36. The Morgan fingerprint density at radius 3 is 2.71 bits per heavy atom. The number of para-hydroxylation sites is 1. The van der Waals surface area contributed by atoms with Gasteiger partial charge in [0.05, 0.1) is 13.0 Å². The van der Waals surface area contributed by atoms with Gasteiger partial charge in [-0.05, 0) is 55.2 Å². The first-order valence-electron chi connectivity index (χ1n) is 12.5. The lowest BCUT2D eigenvalue weighted by Gasteiger charge is -2.19. The van der Waals surface area contributed by atoms with E-state index in [1.165, 1.54) is 23.9 Å². The fourth-order valence-electron chi connectivity index (χ4n) is 4.46. The smallest absolute Gasteiger partial charge is 0.306 e. The zero-order valence-electron chi connectivity index (χ0n) is 20.9. The molecular formula is C29H27FN4O4. The van der Waals surface area contributed by atoms with Crippen molar-refractivity contribution < 1.29 is 23.5 Å². The number of aromatic nitrogens is 3. The van der Waals surface area contributed by atoms with Crippen molar-refractivity contribution in [3.8, 4) is 5.88 Å². The van der Waals surface area contributed by atoms with Gasteiger partial charge in [0, 0.05) is 35.9 Å². The van der Waals surface area contributed by atoms with Crippen LogP contribution in [0.15, 0.2) is 67.0 Å². The summed E-state index contributed by atoms with van der Waals surface area (Å²) in [5, 5.41) is 0. The lowest BCUT2D eigenvalue weighted by Crippen LogP contribution is -2.18. The third-order valence-corrected chi connectivity index (χ3v) is 6.36. The predicted molar refractivity (Wildman–Crippen MR) is 139 cm³/mol. The van der Waals surface area contributed by atoms with Gasteiger partial charge in [-0.3, -0.25) is 9.59 Å². The highest BCUT2D eigenvalue weighted by Crippen LogP contribution is 2.34. The van der Waals surface area contributed by atoms with Crippen molar-refractivity contribution in [2.45, 2.75) is 32.8 Å². The largest absolute Gasteiger partial charge is 0.472 e. The molecule has 3 heterocycles. The molecule has 2 aromatic heterocycles. The lowest BCUT2D eigenvalue weighted by atomic mass is 10.0. The van der Waals surface area contributed by atoms with E-state index in [9.17, 15) is 14.0 Å². The van der Waals surface area contributed by atoms with Crippen molar-refractivity contribution in [1.82, 2.24) is 15.0 Å². The molecule has 38 heavy (non-hydrogen) atoms. The van der Waals surface area contributed by atoms with Crippen LogP contribution in [0.1, 0.15) is 46.1 Å². The molecule has 0 aliphatic carbocycles. The molecule has 9 heteroatoms. The summed E-state index contributed by atoms with van der Waals surface area (Å²) in [4.78, 5) is 39.7. The van der Waals surface area contributed by atoms with Crippen molar-refractivity contribution in [3.63, 3.8) is 0 Å². The van der Waals surface area contributed by atoms with Crippen LogP contribution < -0.4 is 9.64 Å². The first-order chi connectivity index (χ1) is 18.5. The monoisotopic (exact) mass is 514 g/mol. The molecule has 194 valence electrons. The van der Waals surface area contributed by atoms with Crippen LogP contribution in [-0.2, 0) is 29.0 Å². The van der Waals surface area contributed by atoms with E-state index in [1.807, 2.05) is 23.1 Å². The molecule has 0 saturated carbocycles. The molecule has 1 aliphatic rings. The fourth-order valence-corrected chi connectivity index (χ4v) is 4.46. The summed E-state index contributed by atoms with van der Waals surface area (Å²) in [7, 11) is 0. The Labute approximate surface area is 219 Å². The second-order valence-corrected chi connectivity index (χ2v) is 8.84. The standard InChI is InChI=1S/C29H27FN4O4/c1-2-37-26(35)12-11-24-22(13-15-31-24)27(36)23-17-32-29(34-16-14-20-5-3-4-6-25(20)34)33-28(23)38-18-19-7-9-21(30)10-8-19/h3-10,13,15,17,31H,2,11-12,14,16,18H2,1H3. The Bertz CT molecular complexity index is 1450. The first kappa shape index (κ1) is 25.1. The third kappa shape index (κ3) is 5.41. The highest BCUT2D eigenvalue weighted by atomic mass is 19.1. The van der Waals surface area contributed by atoms with Crippen LogP contribution in [0.5, 0.6) is 5.88 Å². The van der Waals surface area contributed by atoms with Crippen molar-refractivity contribution in [2.75, 3.05) is 18.1 Å². The minimum atomic E-state index is -0.343. The second-order valence-electron chi connectivity index (χ2n) is 8.84. The van der Waals surface area contributed by atoms with Crippen LogP contribution in [0.3, 0.4) is 0 Å². The number of nitrogens with one attached hydrogen (secondary N) is 1. The molecule has 0 bridgehead atoms. The Hall–Kier alpha value is -4.53. The van der Waals surface area contributed by atoms with Gasteiger partial charge in [-0.1, -0.05) is 30.3 Å². The van der Waals surface area contributed by atoms with Gasteiger partial charge in [0.15, 0.2) is 0 Å². The molecule has 0 radical (unpaired) electrons. The van der Waals surface area contributed by atoms with Gasteiger partial charge in [0.1, 0.15) is 18.0 Å². The minimum absolute atomic E-state index is 0.0937. The molecule has 1 N–H and O–H groups in total. The van der Waals surface area contributed by atoms with Gasteiger partial charge in [-0.15, -0.1) is 0 Å². The molecule has 5 rings (SSSR count). The van der Waals surface area contributed by atoms with Gasteiger partial charge < -0.3 is 19.4 Å². The Morgan fingerprint density at radius 2 is 1.89 bits per heavy atom. The molecule has 0 fully saturated rings. The maximum absolute atomic E-state index is 13.6. The number of ether oxygens (including phenoxy) is 2. The Morgan fingerprint density at radius 1 is 1.08 bits per heavy atom. The molecule has 0 spiro atoms. The molecule has 4 aromatic rings. The average molecular weight is 515 g/mol. The summed E-state index contributed by atoms with van der Waals surface area (Å²) in [6, 6.07) is 15.7. The topological polar surface area (TPSA) is 97.4 Å². The number of anilines is 2. The van der Waals surface area contributed by atoms with Gasteiger partial charge in [0.25, 0.3) is 0 Å². The van der Waals surface area contributed by atoms with Crippen molar-refractivity contribution in [1.29, 1.82) is 0 Å². The average Bonchev–Trinajstić information content (AvgIpc) is 3.59. The number of rotatable bonds is 10. The Kier molecular flexibility index (Phi) is 7.44. The zero-order valence-corrected chi connectivity index (χ0v) is 20.9. The number of carbonyl (C=O) groups excluding carboxylic acids is 2. The highest BCUT2D eigenvalue weighted by molar-refractivity contribution is 6.11. The number of fused-ring (bicyclic) bond motifs is 1. The van der Waals surface area contributed by atoms with Crippen LogP contribution in [0, 0.1) is 5.82 Å². The second kappa shape index (κ2) is 11.2. The lowest BCUT2D eigenvalue weighted by molar-refractivity contribution is -0.143. The van der Waals surface area contributed by atoms with Gasteiger partial charge in [-0.25, -0.2) is 9.37 Å². The molecule has 0 amide bonds. The number of ketones is 1. The number of aromatic amines is 1. The van der Waals surface area contributed by atoms with E-state index in [1.54, 1.807) is 31.3 Å². The molecule has 1 aliphatic heterocycles. The number of benzene rings is 2. The normalized spacial score (nSPS) is 12.3. The van der Waals surface area contributed by atoms with Crippen LogP contribution >= 0.6 is 0 Å². The molecule has 0 saturated heterocycles. The molecule has 0 atom stereocenters. The van der Waals surface area contributed by atoms with E-state index in [-0.39, 0.29) is 42.0 Å². The van der Waals surface area contributed by atoms with Crippen molar-refractivity contribution >= 4 is 23.4 Å². The molecular weight excluding hydrogens is 487 g/mol. The number of hydrogen-bond donors (Lipinski definition) is 1. The Balaban J connectivity index is 1.45. The number of halogens is 1. The highest BCUT2D eigenvalue weighted by Gasteiger charge is 2.26. The van der Waals surface area contributed by atoms with Crippen LogP contribution in [0.4, 0.5) is 16.0 Å². The minimum Gasteiger partial charge on any atom is -0.472 e. The summed E-state index contributed by atoms with van der Waals surface area (Å²) < 4.78 is 24.4.